The Kier molecular flexibility index (Phi) is 7.07. The molecule has 2 aromatic heterocycles. The third kappa shape index (κ3) is 4.95. The molecule has 3 heterocycles. The SMILES string of the molecule is CC1(C)c2ccccc2-c2ccc3occc3c2-c2cc(-c3ccc4c(c3)c3ccccc3n4C3=CC(c4ccccc4)NC(c4ccccc4)N3)ccc21. The summed E-state index contributed by atoms with van der Waals surface area (Å²) < 4.78 is 8.39. The largest absolute Gasteiger partial charge is 0.464 e. The molecule has 2 aliphatic rings. The number of rotatable bonds is 4. The first-order valence-electron chi connectivity index (χ1n) is 19.2. The standard InChI is InChI=1S/C51H39N3O/c1-51(2)42-19-11-9-17-36(42)38-23-26-47-39(27-28-55-47)49(38)41-30-34(21-24-43(41)51)35-22-25-46-40(29-35)37-18-10-12-20-45(37)54(46)48-31-44(32-13-5-3-6-14-32)52-50(53-48)33-15-7-4-8-16-33/h3-31,44,50,52-53H,1-2H3. The molecule has 9 aromatic rings. The second kappa shape index (κ2) is 12.2. The highest BCUT2D eigenvalue weighted by Gasteiger charge is 2.34. The van der Waals surface area contributed by atoms with E-state index in [9.17, 15) is 0 Å². The molecule has 0 saturated carbocycles. The van der Waals surface area contributed by atoms with Gasteiger partial charge < -0.3 is 9.73 Å². The van der Waals surface area contributed by atoms with Crippen LogP contribution in [0.1, 0.15) is 48.3 Å². The van der Waals surface area contributed by atoms with Crippen LogP contribution in [0.4, 0.5) is 0 Å². The number of fused-ring (bicyclic) bond motifs is 10. The number of hydrogen-bond acceptors (Lipinski definition) is 3. The van der Waals surface area contributed by atoms with Gasteiger partial charge in [-0.25, -0.2) is 0 Å². The summed E-state index contributed by atoms with van der Waals surface area (Å²) in [5, 5.41) is 11.3. The van der Waals surface area contributed by atoms with E-state index < -0.39 is 0 Å². The second-order valence-electron chi connectivity index (χ2n) is 15.4. The highest BCUT2D eigenvalue weighted by Crippen LogP contribution is 2.51. The van der Waals surface area contributed by atoms with Gasteiger partial charge in [0.2, 0.25) is 0 Å². The van der Waals surface area contributed by atoms with Crippen molar-refractivity contribution in [1.29, 1.82) is 0 Å². The second-order valence-corrected chi connectivity index (χ2v) is 15.4. The van der Waals surface area contributed by atoms with Crippen molar-refractivity contribution in [1.82, 2.24) is 15.2 Å². The molecule has 1 aliphatic carbocycles. The maximum Gasteiger partial charge on any atom is 0.134 e. The van der Waals surface area contributed by atoms with Crippen molar-refractivity contribution in [2.24, 2.45) is 0 Å². The quantitative estimate of drug-likeness (QED) is 0.191. The molecule has 4 heteroatoms. The van der Waals surface area contributed by atoms with Gasteiger partial charge in [-0.1, -0.05) is 135 Å². The summed E-state index contributed by atoms with van der Waals surface area (Å²) in [5.74, 6) is 1.06. The monoisotopic (exact) mass is 709 g/mol. The van der Waals surface area contributed by atoms with Crippen LogP contribution >= 0.6 is 0 Å². The van der Waals surface area contributed by atoms with E-state index in [1.54, 1.807) is 0 Å². The summed E-state index contributed by atoms with van der Waals surface area (Å²) in [5.41, 5.74) is 15.5. The molecule has 55 heavy (non-hydrogen) atoms. The van der Waals surface area contributed by atoms with Crippen molar-refractivity contribution in [3.05, 3.63) is 198 Å². The third-order valence-corrected chi connectivity index (χ3v) is 12.0. The summed E-state index contributed by atoms with van der Waals surface area (Å²) in [6.07, 6.45) is 4.08. The molecule has 0 spiro atoms. The van der Waals surface area contributed by atoms with Crippen LogP contribution in [0.5, 0.6) is 0 Å². The highest BCUT2D eigenvalue weighted by molar-refractivity contribution is 6.11. The van der Waals surface area contributed by atoms with Crippen LogP contribution in [0.25, 0.3) is 72.0 Å². The molecule has 264 valence electrons. The summed E-state index contributed by atoms with van der Waals surface area (Å²) in [7, 11) is 0. The Morgan fingerprint density at radius 1 is 0.545 bits per heavy atom. The van der Waals surface area contributed by atoms with Crippen LogP contribution in [-0.2, 0) is 5.41 Å². The fourth-order valence-electron chi connectivity index (χ4n) is 9.29. The molecular formula is C51H39N3O. The molecule has 0 radical (unpaired) electrons. The molecule has 11 rings (SSSR count). The van der Waals surface area contributed by atoms with Gasteiger partial charge in [0.05, 0.1) is 23.3 Å². The van der Waals surface area contributed by atoms with Crippen LogP contribution in [0.3, 0.4) is 0 Å². The lowest BCUT2D eigenvalue weighted by atomic mass is 9.75. The van der Waals surface area contributed by atoms with Gasteiger partial charge in [0.25, 0.3) is 0 Å². The van der Waals surface area contributed by atoms with Gasteiger partial charge in [0.1, 0.15) is 17.6 Å². The zero-order chi connectivity index (χ0) is 36.7. The van der Waals surface area contributed by atoms with Crippen LogP contribution in [-0.4, -0.2) is 4.57 Å². The smallest absolute Gasteiger partial charge is 0.134 e. The Morgan fingerprint density at radius 3 is 2.09 bits per heavy atom. The first kappa shape index (κ1) is 31.9. The van der Waals surface area contributed by atoms with Crippen molar-refractivity contribution in [3.8, 4) is 33.4 Å². The maximum absolute atomic E-state index is 5.98. The van der Waals surface area contributed by atoms with E-state index >= 15 is 0 Å². The summed E-state index contributed by atoms with van der Waals surface area (Å²) >= 11 is 0. The van der Waals surface area contributed by atoms with Crippen molar-refractivity contribution in [3.63, 3.8) is 0 Å². The first-order valence-corrected chi connectivity index (χ1v) is 19.2. The van der Waals surface area contributed by atoms with E-state index in [0.717, 1.165) is 16.8 Å². The van der Waals surface area contributed by atoms with Crippen LogP contribution < -0.4 is 10.6 Å². The number of nitrogens with one attached hydrogen (secondary N) is 2. The zero-order valence-corrected chi connectivity index (χ0v) is 30.8. The van der Waals surface area contributed by atoms with Gasteiger partial charge in [-0.05, 0) is 98.6 Å². The Morgan fingerprint density at radius 2 is 1.24 bits per heavy atom. The highest BCUT2D eigenvalue weighted by atomic mass is 16.3. The number of para-hydroxylation sites is 1. The van der Waals surface area contributed by atoms with Crippen LogP contribution in [0.2, 0.25) is 0 Å². The summed E-state index contributed by atoms with van der Waals surface area (Å²) in [4.78, 5) is 0. The Labute approximate surface area is 320 Å². The lowest BCUT2D eigenvalue weighted by molar-refractivity contribution is 0.435. The molecule has 1 aliphatic heterocycles. The van der Waals surface area contributed by atoms with Crippen molar-refractivity contribution < 1.29 is 4.42 Å². The number of aromatic nitrogens is 1. The van der Waals surface area contributed by atoms with E-state index in [-0.39, 0.29) is 17.6 Å². The number of benzene rings is 7. The Balaban J connectivity index is 1.09. The van der Waals surface area contributed by atoms with Gasteiger partial charge in [0, 0.05) is 27.1 Å². The minimum absolute atomic E-state index is 0.0256. The van der Waals surface area contributed by atoms with E-state index in [4.69, 9.17) is 4.42 Å². The van der Waals surface area contributed by atoms with E-state index in [1.807, 2.05) is 6.26 Å². The molecule has 0 fully saturated rings. The van der Waals surface area contributed by atoms with Gasteiger partial charge >= 0.3 is 0 Å². The molecule has 0 bridgehead atoms. The fraction of sp³-hybridized carbons (Fsp3) is 0.0980. The molecule has 2 atom stereocenters. The average molecular weight is 710 g/mol. The molecule has 2 N–H and O–H groups in total. The Hall–Kier alpha value is -6.62. The van der Waals surface area contributed by atoms with Gasteiger partial charge in [-0.3, -0.25) is 9.88 Å². The summed E-state index contributed by atoms with van der Waals surface area (Å²) in [6.45, 7) is 4.72. The average Bonchev–Trinajstić information content (AvgIpc) is 3.84. The van der Waals surface area contributed by atoms with E-state index in [1.165, 1.54) is 77.4 Å². The third-order valence-electron chi connectivity index (χ3n) is 12.0. The van der Waals surface area contributed by atoms with Gasteiger partial charge in [0.15, 0.2) is 0 Å². The normalized spacial score (nSPS) is 17.2. The molecule has 0 amide bonds. The maximum atomic E-state index is 5.98. The van der Waals surface area contributed by atoms with Crippen molar-refractivity contribution in [2.45, 2.75) is 31.5 Å². The summed E-state index contributed by atoms with van der Waals surface area (Å²) in [6, 6.07) is 59.6. The predicted octanol–water partition coefficient (Wildman–Crippen LogP) is 12.6. The molecule has 7 aromatic carbocycles. The molecule has 4 nitrogen and oxygen atoms in total. The lowest BCUT2D eigenvalue weighted by Gasteiger charge is -2.33. The topological polar surface area (TPSA) is 42.1 Å². The lowest BCUT2D eigenvalue weighted by Crippen LogP contribution is -2.40. The molecule has 0 saturated heterocycles. The minimum Gasteiger partial charge on any atom is -0.464 e. The first-order chi connectivity index (χ1) is 27.0. The zero-order valence-electron chi connectivity index (χ0n) is 30.8. The number of nitrogens with zero attached hydrogens (tertiary/aromatic N) is 1. The molecular weight excluding hydrogens is 671 g/mol. The van der Waals surface area contributed by atoms with Crippen molar-refractivity contribution in [2.75, 3.05) is 0 Å². The van der Waals surface area contributed by atoms with Crippen LogP contribution in [0, 0.1) is 0 Å². The van der Waals surface area contributed by atoms with E-state index in [0.29, 0.717) is 0 Å². The minimum atomic E-state index is -0.207. The van der Waals surface area contributed by atoms with Crippen LogP contribution in [0.15, 0.2) is 181 Å². The fourth-order valence-corrected chi connectivity index (χ4v) is 9.29. The van der Waals surface area contributed by atoms with Gasteiger partial charge in [-0.2, -0.15) is 0 Å². The Bertz CT molecular complexity index is 2970. The number of furan rings is 1. The molecule has 2 unspecified atom stereocenters. The van der Waals surface area contributed by atoms with Crippen molar-refractivity contribution >= 4 is 38.6 Å². The number of hydrogen-bond donors (Lipinski definition) is 2. The van der Waals surface area contributed by atoms with Gasteiger partial charge in [-0.15, -0.1) is 0 Å². The van der Waals surface area contributed by atoms with E-state index in [2.05, 4.69) is 199 Å². The predicted molar refractivity (Wildman–Crippen MR) is 227 cm³/mol.